The van der Waals surface area contributed by atoms with Crippen LogP contribution in [0.5, 0.6) is 5.75 Å². The van der Waals surface area contributed by atoms with Crippen molar-refractivity contribution in [3.8, 4) is 5.75 Å². The van der Waals surface area contributed by atoms with E-state index in [1.54, 1.807) is 19.2 Å². The fourth-order valence-corrected chi connectivity index (χ4v) is 0.571. The maximum Gasteiger partial charge on any atom is 0.166 e. The van der Waals surface area contributed by atoms with Gasteiger partial charge in [-0.1, -0.05) is 0 Å². The van der Waals surface area contributed by atoms with E-state index >= 15 is 0 Å². The van der Waals surface area contributed by atoms with Gasteiger partial charge in [-0.05, 0) is 18.6 Å². The highest BCUT2D eigenvalue weighted by Crippen LogP contribution is 2.19. The second-order valence-electron chi connectivity index (χ2n) is 1.86. The first kappa shape index (κ1) is 5.88. The van der Waals surface area contributed by atoms with Crippen molar-refractivity contribution >= 4 is 5.82 Å². The normalized spacial score (nSPS) is 9.44. The number of anilines is 1. The number of nitrogens with two attached hydrogens (primary N) is 1. The van der Waals surface area contributed by atoms with Crippen LogP contribution in [0.25, 0.3) is 0 Å². The lowest BCUT2D eigenvalue weighted by molar-refractivity contribution is 0.471. The number of nitrogen functional groups attached to an aromatic ring is 1. The average molecular weight is 124 g/mol. The van der Waals surface area contributed by atoms with E-state index in [4.69, 9.17) is 10.8 Å². The van der Waals surface area contributed by atoms with Crippen molar-refractivity contribution in [3.63, 3.8) is 0 Å². The highest BCUT2D eigenvalue weighted by Gasteiger charge is 1.97. The third-order valence-electron chi connectivity index (χ3n) is 1.15. The molecule has 0 saturated heterocycles. The summed E-state index contributed by atoms with van der Waals surface area (Å²) in [6.45, 7) is 1.77. The van der Waals surface area contributed by atoms with Crippen LogP contribution in [-0.4, -0.2) is 10.1 Å². The number of aromatic nitrogens is 1. The van der Waals surface area contributed by atoms with Crippen molar-refractivity contribution < 1.29 is 5.11 Å². The minimum atomic E-state index is 0.0810. The number of nitrogens with zero attached hydrogens (tertiary/aromatic N) is 1. The Balaban J connectivity index is 3.25. The Kier molecular flexibility index (Phi) is 1.26. The van der Waals surface area contributed by atoms with Gasteiger partial charge < -0.3 is 10.8 Å². The summed E-state index contributed by atoms with van der Waals surface area (Å²) in [7, 11) is 0. The minimum Gasteiger partial charge on any atom is -0.504 e. The summed E-state index contributed by atoms with van der Waals surface area (Å²) in [5, 5.41) is 9.02. The monoisotopic (exact) mass is 124 g/mol. The summed E-state index contributed by atoms with van der Waals surface area (Å²) >= 11 is 0. The Morgan fingerprint density at radius 1 is 1.67 bits per heavy atom. The summed E-state index contributed by atoms with van der Waals surface area (Å²) in [5.41, 5.74) is 6.01. The molecule has 0 fully saturated rings. The highest BCUT2D eigenvalue weighted by atomic mass is 16.3. The van der Waals surface area contributed by atoms with Crippen molar-refractivity contribution in [1.82, 2.24) is 4.98 Å². The highest BCUT2D eigenvalue weighted by molar-refractivity contribution is 5.48. The van der Waals surface area contributed by atoms with E-state index in [0.717, 1.165) is 5.56 Å². The fourth-order valence-electron chi connectivity index (χ4n) is 0.571. The molecule has 1 aromatic heterocycles. The maximum atomic E-state index is 9.02. The van der Waals surface area contributed by atoms with Gasteiger partial charge in [-0.2, -0.15) is 0 Å². The second kappa shape index (κ2) is 1.93. The van der Waals surface area contributed by atoms with Gasteiger partial charge >= 0.3 is 0 Å². The van der Waals surface area contributed by atoms with Crippen LogP contribution in [0, 0.1) is 6.92 Å². The first-order valence-electron chi connectivity index (χ1n) is 2.62. The molecule has 0 bridgehead atoms. The predicted octanol–water partition coefficient (Wildman–Crippen LogP) is 0.678. The zero-order valence-corrected chi connectivity index (χ0v) is 5.13. The van der Waals surface area contributed by atoms with Crippen molar-refractivity contribution in [3.05, 3.63) is 17.8 Å². The smallest absolute Gasteiger partial charge is 0.166 e. The van der Waals surface area contributed by atoms with Gasteiger partial charge in [-0.3, -0.25) is 0 Å². The third kappa shape index (κ3) is 0.937. The lowest BCUT2D eigenvalue weighted by atomic mass is 10.3. The molecular weight excluding hydrogens is 116 g/mol. The molecule has 0 unspecified atom stereocenters. The molecule has 0 radical (unpaired) electrons. The number of aryl methyl sites for hydroxylation is 1. The van der Waals surface area contributed by atoms with Crippen molar-refractivity contribution in [2.24, 2.45) is 0 Å². The summed E-state index contributed by atoms with van der Waals surface area (Å²) in [4.78, 5) is 3.67. The standard InChI is InChI=1S/C6H8N2O/c1-4-2-3-8-6(7)5(4)9/h2-3,9H,1H3,(H2,7,8). The molecule has 3 heteroatoms. The van der Waals surface area contributed by atoms with E-state index in [-0.39, 0.29) is 11.6 Å². The molecule has 0 atom stereocenters. The fraction of sp³-hybridized carbons (Fsp3) is 0.167. The minimum absolute atomic E-state index is 0.0810. The summed E-state index contributed by atoms with van der Waals surface area (Å²) in [6, 6.07) is 1.70. The van der Waals surface area contributed by atoms with Gasteiger partial charge in [-0.15, -0.1) is 0 Å². The van der Waals surface area contributed by atoms with Crippen LogP contribution >= 0.6 is 0 Å². The summed E-state index contributed by atoms with van der Waals surface area (Å²) in [6.07, 6.45) is 1.56. The topological polar surface area (TPSA) is 59.1 Å². The summed E-state index contributed by atoms with van der Waals surface area (Å²) in [5.74, 6) is 0.271. The summed E-state index contributed by atoms with van der Waals surface area (Å²) < 4.78 is 0. The van der Waals surface area contributed by atoms with Crippen LogP contribution in [0.4, 0.5) is 5.82 Å². The molecule has 1 heterocycles. The molecule has 0 saturated carbocycles. The van der Waals surface area contributed by atoms with Gasteiger partial charge in [0.05, 0.1) is 0 Å². The lowest BCUT2D eigenvalue weighted by Crippen LogP contribution is -1.90. The van der Waals surface area contributed by atoms with Crippen LogP contribution in [0.15, 0.2) is 12.3 Å². The van der Waals surface area contributed by atoms with Crippen molar-refractivity contribution in [2.45, 2.75) is 6.92 Å². The first-order valence-corrected chi connectivity index (χ1v) is 2.62. The van der Waals surface area contributed by atoms with Crippen LogP contribution in [-0.2, 0) is 0 Å². The van der Waals surface area contributed by atoms with E-state index in [1.807, 2.05) is 0 Å². The molecule has 0 aromatic carbocycles. The maximum absolute atomic E-state index is 9.02. The van der Waals surface area contributed by atoms with Gasteiger partial charge in [-0.25, -0.2) is 4.98 Å². The van der Waals surface area contributed by atoms with E-state index in [2.05, 4.69) is 4.98 Å². The Morgan fingerprint density at radius 2 is 2.33 bits per heavy atom. The molecule has 0 aliphatic heterocycles. The van der Waals surface area contributed by atoms with E-state index in [0.29, 0.717) is 0 Å². The average Bonchev–Trinajstić information content (AvgIpc) is 1.83. The Bertz CT molecular complexity index is 202. The quantitative estimate of drug-likeness (QED) is 0.534. The van der Waals surface area contributed by atoms with Crippen LogP contribution in [0.2, 0.25) is 0 Å². The van der Waals surface area contributed by atoms with E-state index in [1.165, 1.54) is 0 Å². The van der Waals surface area contributed by atoms with E-state index in [9.17, 15) is 0 Å². The first-order chi connectivity index (χ1) is 4.22. The molecule has 48 valence electrons. The zero-order chi connectivity index (χ0) is 6.85. The molecule has 1 aromatic rings. The van der Waals surface area contributed by atoms with E-state index < -0.39 is 0 Å². The number of pyridine rings is 1. The SMILES string of the molecule is Cc1ccnc(N)c1O. The van der Waals surface area contributed by atoms with Gasteiger partial charge in [0.1, 0.15) is 0 Å². The number of aromatic hydroxyl groups is 1. The second-order valence-corrected chi connectivity index (χ2v) is 1.86. The number of hydrogen-bond acceptors (Lipinski definition) is 3. The van der Waals surface area contributed by atoms with Gasteiger partial charge in [0.15, 0.2) is 11.6 Å². The van der Waals surface area contributed by atoms with Gasteiger partial charge in [0.2, 0.25) is 0 Å². The van der Waals surface area contributed by atoms with Crippen molar-refractivity contribution in [1.29, 1.82) is 0 Å². The molecule has 1 rings (SSSR count). The molecule has 0 aliphatic rings. The molecule has 0 amide bonds. The molecule has 9 heavy (non-hydrogen) atoms. The number of rotatable bonds is 0. The third-order valence-corrected chi connectivity index (χ3v) is 1.15. The molecule has 0 aliphatic carbocycles. The van der Waals surface area contributed by atoms with Crippen LogP contribution < -0.4 is 5.73 Å². The van der Waals surface area contributed by atoms with Crippen LogP contribution in [0.3, 0.4) is 0 Å². The van der Waals surface area contributed by atoms with Gasteiger partial charge in [0.25, 0.3) is 0 Å². The lowest BCUT2D eigenvalue weighted by Gasteiger charge is -1.97. The molecule has 3 nitrogen and oxygen atoms in total. The Morgan fingerprint density at radius 3 is 2.78 bits per heavy atom. The largest absolute Gasteiger partial charge is 0.504 e. The molecule has 3 N–H and O–H groups in total. The zero-order valence-electron chi connectivity index (χ0n) is 5.13. The Labute approximate surface area is 53.2 Å². The number of hydrogen-bond donors (Lipinski definition) is 2. The molecular formula is C6H8N2O. The Hall–Kier alpha value is -1.25. The predicted molar refractivity (Wildman–Crippen MR) is 35.1 cm³/mol. The van der Waals surface area contributed by atoms with Crippen molar-refractivity contribution in [2.75, 3.05) is 5.73 Å². The molecule has 0 spiro atoms. The van der Waals surface area contributed by atoms with Gasteiger partial charge in [0, 0.05) is 6.20 Å². The van der Waals surface area contributed by atoms with Crippen LogP contribution in [0.1, 0.15) is 5.56 Å².